The van der Waals surface area contributed by atoms with Crippen LogP contribution in [0.1, 0.15) is 33.0 Å². The third kappa shape index (κ3) is 3.92. The zero-order valence-electron chi connectivity index (χ0n) is 16.7. The summed E-state index contributed by atoms with van der Waals surface area (Å²) < 4.78 is 10.5. The molecule has 0 saturated carbocycles. The summed E-state index contributed by atoms with van der Waals surface area (Å²) in [5.74, 6) is -0.122. The summed E-state index contributed by atoms with van der Waals surface area (Å²) in [6, 6.07) is 14.9. The number of amides is 2. The minimum absolute atomic E-state index is 0.0736. The number of hydrogen-bond acceptors (Lipinski definition) is 6. The van der Waals surface area contributed by atoms with Gasteiger partial charge in [-0.1, -0.05) is 29.4 Å². The van der Waals surface area contributed by atoms with Crippen LogP contribution in [-0.4, -0.2) is 46.5 Å². The minimum atomic E-state index is -0.428. The van der Waals surface area contributed by atoms with E-state index in [4.69, 9.17) is 8.94 Å². The first kappa shape index (κ1) is 19.0. The van der Waals surface area contributed by atoms with Gasteiger partial charge < -0.3 is 19.2 Å². The van der Waals surface area contributed by atoms with Gasteiger partial charge in [0, 0.05) is 36.1 Å². The van der Waals surface area contributed by atoms with Crippen LogP contribution in [-0.2, 0) is 6.42 Å². The van der Waals surface area contributed by atoms with Crippen LogP contribution in [0.3, 0.4) is 0 Å². The Kier molecular flexibility index (Phi) is 4.95. The maximum absolute atomic E-state index is 12.3. The highest BCUT2D eigenvalue weighted by atomic mass is 16.5. The number of furan rings is 1. The van der Waals surface area contributed by atoms with Crippen LogP contribution in [0.5, 0.6) is 0 Å². The summed E-state index contributed by atoms with van der Waals surface area (Å²) in [5.41, 5.74) is 3.14. The fourth-order valence-corrected chi connectivity index (χ4v) is 3.44. The first-order valence-corrected chi connectivity index (χ1v) is 10.2. The van der Waals surface area contributed by atoms with Gasteiger partial charge in [0.2, 0.25) is 5.82 Å². The van der Waals surface area contributed by atoms with Crippen LogP contribution in [0.15, 0.2) is 63.7 Å². The predicted octanol–water partition coefficient (Wildman–Crippen LogP) is 3.30. The molecule has 1 aliphatic heterocycles. The molecule has 1 N–H and O–H groups in total. The average molecular weight is 416 g/mol. The summed E-state index contributed by atoms with van der Waals surface area (Å²) >= 11 is 0. The van der Waals surface area contributed by atoms with Gasteiger partial charge >= 0.3 is 11.8 Å². The molecule has 1 saturated heterocycles. The van der Waals surface area contributed by atoms with Gasteiger partial charge in [-0.05, 0) is 42.7 Å². The molecule has 2 aromatic carbocycles. The third-order valence-corrected chi connectivity index (χ3v) is 5.38. The number of aromatic nitrogens is 2. The zero-order chi connectivity index (χ0) is 21.2. The third-order valence-electron chi connectivity index (χ3n) is 5.38. The fourth-order valence-electron chi connectivity index (χ4n) is 3.44. The monoisotopic (exact) mass is 416 g/mol. The van der Waals surface area contributed by atoms with E-state index in [-0.39, 0.29) is 11.8 Å². The van der Waals surface area contributed by atoms with Crippen molar-refractivity contribution in [2.45, 2.75) is 12.8 Å². The first-order chi connectivity index (χ1) is 15.2. The van der Waals surface area contributed by atoms with Crippen molar-refractivity contribution in [3.05, 3.63) is 71.8 Å². The van der Waals surface area contributed by atoms with Crippen LogP contribution in [0, 0.1) is 0 Å². The molecule has 0 unspecified atom stereocenters. The van der Waals surface area contributed by atoms with Crippen molar-refractivity contribution in [1.82, 2.24) is 20.4 Å². The highest BCUT2D eigenvalue weighted by molar-refractivity contribution is 5.94. The minimum Gasteiger partial charge on any atom is -0.464 e. The number of hydrogen-bond donors (Lipinski definition) is 1. The first-order valence-electron chi connectivity index (χ1n) is 10.2. The SMILES string of the molecule is O=C(NCCc1ccc(C(=O)N2CCC2)cc1)c1nc(-c2ccc3ccoc3c2)no1. The van der Waals surface area contributed by atoms with E-state index in [0.29, 0.717) is 35.5 Å². The Bertz CT molecular complexity index is 1240. The highest BCUT2D eigenvalue weighted by Gasteiger charge is 2.21. The highest BCUT2D eigenvalue weighted by Crippen LogP contribution is 2.23. The van der Waals surface area contributed by atoms with E-state index in [1.165, 1.54) is 0 Å². The summed E-state index contributed by atoms with van der Waals surface area (Å²) in [6.07, 6.45) is 3.31. The van der Waals surface area contributed by atoms with E-state index >= 15 is 0 Å². The molecule has 0 atom stereocenters. The molecule has 0 radical (unpaired) electrons. The topological polar surface area (TPSA) is 101 Å². The number of carbonyl (C=O) groups is 2. The number of rotatable bonds is 6. The maximum Gasteiger partial charge on any atom is 0.316 e. The van der Waals surface area contributed by atoms with Gasteiger partial charge in [0.15, 0.2) is 0 Å². The van der Waals surface area contributed by atoms with Gasteiger partial charge in [-0.25, -0.2) is 0 Å². The largest absolute Gasteiger partial charge is 0.464 e. The quantitative estimate of drug-likeness (QED) is 0.518. The maximum atomic E-state index is 12.3. The molecule has 2 amide bonds. The number of likely N-dealkylation sites (tertiary alicyclic amines) is 1. The standard InChI is InChI=1S/C23H20N4O4/c28-21(22-25-20(26-31-22)18-7-6-16-9-13-30-19(16)14-18)24-10-8-15-2-4-17(5-3-15)23(29)27-11-1-12-27/h2-7,9,13-14H,1,8,10-12H2,(H,24,28). The van der Waals surface area contributed by atoms with Crippen LogP contribution >= 0.6 is 0 Å². The van der Waals surface area contributed by atoms with Crippen molar-refractivity contribution >= 4 is 22.8 Å². The zero-order valence-corrected chi connectivity index (χ0v) is 16.7. The van der Waals surface area contributed by atoms with E-state index in [9.17, 15) is 9.59 Å². The molecule has 0 aliphatic carbocycles. The van der Waals surface area contributed by atoms with E-state index < -0.39 is 5.91 Å². The molecule has 0 bridgehead atoms. The normalized spacial score (nSPS) is 13.2. The lowest BCUT2D eigenvalue weighted by molar-refractivity contribution is 0.0651. The number of carbonyl (C=O) groups excluding carboxylic acids is 2. The predicted molar refractivity (Wildman–Crippen MR) is 113 cm³/mol. The fraction of sp³-hybridized carbons (Fsp3) is 0.217. The van der Waals surface area contributed by atoms with Crippen LogP contribution in [0.4, 0.5) is 0 Å². The van der Waals surface area contributed by atoms with E-state index in [1.807, 2.05) is 47.4 Å². The van der Waals surface area contributed by atoms with E-state index in [2.05, 4.69) is 15.5 Å². The van der Waals surface area contributed by atoms with Gasteiger partial charge in [-0.2, -0.15) is 4.98 Å². The van der Waals surface area contributed by atoms with Crippen molar-refractivity contribution in [2.75, 3.05) is 19.6 Å². The van der Waals surface area contributed by atoms with Crippen molar-refractivity contribution < 1.29 is 18.5 Å². The van der Waals surface area contributed by atoms with Crippen LogP contribution < -0.4 is 5.32 Å². The van der Waals surface area contributed by atoms with Crippen molar-refractivity contribution in [2.24, 2.45) is 0 Å². The molecule has 3 heterocycles. The Morgan fingerprint density at radius 2 is 1.90 bits per heavy atom. The van der Waals surface area contributed by atoms with Gasteiger partial charge in [-0.15, -0.1) is 0 Å². The Labute approximate surface area is 177 Å². The molecule has 2 aromatic heterocycles. The van der Waals surface area contributed by atoms with E-state index in [0.717, 1.165) is 30.5 Å². The lowest BCUT2D eigenvalue weighted by atomic mass is 10.1. The lowest BCUT2D eigenvalue weighted by Crippen LogP contribution is -2.41. The Hall–Kier alpha value is -3.94. The number of nitrogens with one attached hydrogen (secondary N) is 1. The molecule has 4 aromatic rings. The summed E-state index contributed by atoms with van der Waals surface area (Å²) in [6.45, 7) is 2.08. The Morgan fingerprint density at radius 1 is 1.06 bits per heavy atom. The average Bonchev–Trinajstić information content (AvgIpc) is 3.42. The molecule has 1 fully saturated rings. The molecule has 31 heavy (non-hydrogen) atoms. The van der Waals surface area contributed by atoms with Gasteiger partial charge in [0.25, 0.3) is 5.91 Å². The number of nitrogens with zero attached hydrogens (tertiary/aromatic N) is 3. The Balaban J connectivity index is 1.16. The smallest absolute Gasteiger partial charge is 0.316 e. The van der Waals surface area contributed by atoms with Crippen molar-refractivity contribution in [1.29, 1.82) is 0 Å². The Morgan fingerprint density at radius 3 is 2.68 bits per heavy atom. The van der Waals surface area contributed by atoms with Crippen molar-refractivity contribution in [3.63, 3.8) is 0 Å². The summed E-state index contributed by atoms with van der Waals surface area (Å²) in [4.78, 5) is 30.5. The number of benzene rings is 2. The molecule has 156 valence electrons. The molecule has 0 spiro atoms. The lowest BCUT2D eigenvalue weighted by Gasteiger charge is -2.30. The molecular weight excluding hydrogens is 396 g/mol. The second kappa shape index (κ2) is 8.06. The van der Waals surface area contributed by atoms with Gasteiger partial charge in [0.1, 0.15) is 5.58 Å². The molecule has 8 nitrogen and oxygen atoms in total. The number of fused-ring (bicyclic) bond motifs is 1. The van der Waals surface area contributed by atoms with Crippen molar-refractivity contribution in [3.8, 4) is 11.4 Å². The van der Waals surface area contributed by atoms with Gasteiger partial charge in [-0.3, -0.25) is 9.59 Å². The summed E-state index contributed by atoms with van der Waals surface area (Å²) in [5, 5.41) is 7.65. The van der Waals surface area contributed by atoms with Gasteiger partial charge in [0.05, 0.1) is 6.26 Å². The summed E-state index contributed by atoms with van der Waals surface area (Å²) in [7, 11) is 0. The molecule has 8 heteroatoms. The van der Waals surface area contributed by atoms with Crippen LogP contribution in [0.25, 0.3) is 22.4 Å². The van der Waals surface area contributed by atoms with Crippen LogP contribution in [0.2, 0.25) is 0 Å². The second-order valence-electron chi connectivity index (χ2n) is 7.44. The second-order valence-corrected chi connectivity index (χ2v) is 7.44. The molecule has 5 rings (SSSR count). The molecule has 1 aliphatic rings. The molecular formula is C23H20N4O4. The van der Waals surface area contributed by atoms with E-state index in [1.54, 1.807) is 12.3 Å².